The number of nitrogens with one attached hydrogen (secondary N) is 3. The molecule has 1 aliphatic heterocycles. The molecule has 64 valence electrons. The van der Waals surface area contributed by atoms with Crippen molar-refractivity contribution in [2.24, 2.45) is 0 Å². The Labute approximate surface area is 69.5 Å². The zero-order valence-electron chi connectivity index (χ0n) is 6.28. The average Bonchev–Trinajstić information content (AvgIpc) is 2.21. The number of rotatable bonds is 1. The molecular weight excluding hydrogens is 158 g/mol. The highest BCUT2D eigenvalue weighted by atomic mass is 17.0. The monoisotopic (exact) mass is 167 g/mol. The van der Waals surface area contributed by atoms with Crippen molar-refractivity contribution in [3.8, 4) is 0 Å². The lowest BCUT2D eigenvalue weighted by molar-refractivity contribution is -0.306. The molecule has 0 aliphatic carbocycles. The van der Waals surface area contributed by atoms with Crippen LogP contribution in [-0.4, -0.2) is 0 Å². The number of hydrogen-bond acceptors (Lipinski definition) is 5. The quantitative estimate of drug-likeness (QED) is 0.556. The van der Waals surface area contributed by atoms with Gasteiger partial charge in [0.1, 0.15) is 6.17 Å². The Balaban J connectivity index is 2.08. The summed E-state index contributed by atoms with van der Waals surface area (Å²) in [5.74, 6) is 0. The SMILES string of the molecule is c1ccc(C2NONON2)cc1. The van der Waals surface area contributed by atoms with E-state index in [-0.39, 0.29) is 6.17 Å². The molecule has 3 N–H and O–H groups in total. The molecule has 1 saturated heterocycles. The van der Waals surface area contributed by atoms with E-state index in [4.69, 9.17) is 0 Å². The van der Waals surface area contributed by atoms with Crippen LogP contribution in [0.3, 0.4) is 0 Å². The maximum Gasteiger partial charge on any atom is 0.133 e. The molecule has 1 aromatic carbocycles. The number of hydroxylamine groups is 2. The topological polar surface area (TPSA) is 54.5 Å². The maximum absolute atomic E-state index is 4.65. The van der Waals surface area contributed by atoms with Crippen molar-refractivity contribution in [3.63, 3.8) is 0 Å². The summed E-state index contributed by atoms with van der Waals surface area (Å²) < 4.78 is 0. The van der Waals surface area contributed by atoms with E-state index in [9.17, 15) is 0 Å². The molecular formula is C7H9N3O2. The second-order valence-electron chi connectivity index (χ2n) is 2.37. The Morgan fingerprint density at radius 1 is 1.00 bits per heavy atom. The van der Waals surface area contributed by atoms with Gasteiger partial charge >= 0.3 is 0 Å². The van der Waals surface area contributed by atoms with Crippen LogP contribution < -0.4 is 16.6 Å². The molecule has 1 aromatic rings. The average molecular weight is 167 g/mol. The van der Waals surface area contributed by atoms with Crippen LogP contribution in [-0.2, 0) is 9.88 Å². The summed E-state index contributed by atoms with van der Waals surface area (Å²) in [6.07, 6.45) is -0.146. The smallest absolute Gasteiger partial charge is 0.133 e. The zero-order valence-corrected chi connectivity index (χ0v) is 6.28. The van der Waals surface area contributed by atoms with Crippen LogP contribution in [0, 0.1) is 0 Å². The number of benzene rings is 1. The van der Waals surface area contributed by atoms with Crippen molar-refractivity contribution in [3.05, 3.63) is 35.9 Å². The fraction of sp³-hybridized carbons (Fsp3) is 0.143. The third-order valence-electron chi connectivity index (χ3n) is 1.57. The molecule has 5 heteroatoms. The standard InChI is InChI=1S/C7H9N3O2/c1-2-4-6(5-3-1)7-8-11-10-12-9-7/h1-5,7-10H. The van der Waals surface area contributed by atoms with Crippen LogP contribution >= 0.6 is 0 Å². The van der Waals surface area contributed by atoms with Crippen LogP contribution in [0.15, 0.2) is 30.3 Å². The first-order valence-electron chi connectivity index (χ1n) is 3.59. The van der Waals surface area contributed by atoms with Gasteiger partial charge in [0.2, 0.25) is 0 Å². The highest BCUT2D eigenvalue weighted by Crippen LogP contribution is 2.09. The van der Waals surface area contributed by atoms with Crippen LogP contribution in [0.25, 0.3) is 0 Å². The second-order valence-corrected chi connectivity index (χ2v) is 2.37. The third-order valence-corrected chi connectivity index (χ3v) is 1.57. The van der Waals surface area contributed by atoms with Gasteiger partial charge in [0.05, 0.1) is 0 Å². The van der Waals surface area contributed by atoms with E-state index in [1.54, 1.807) is 0 Å². The molecule has 0 bridgehead atoms. The van der Waals surface area contributed by atoms with Crippen molar-refractivity contribution >= 4 is 0 Å². The minimum absolute atomic E-state index is 0.146. The van der Waals surface area contributed by atoms with Crippen molar-refractivity contribution < 1.29 is 9.88 Å². The summed E-state index contributed by atoms with van der Waals surface area (Å²) in [4.78, 5) is 9.30. The maximum atomic E-state index is 4.65. The molecule has 1 heterocycles. The molecule has 1 fully saturated rings. The minimum atomic E-state index is -0.146. The fourth-order valence-corrected chi connectivity index (χ4v) is 0.992. The normalized spacial score (nSPS) is 19.3. The van der Waals surface area contributed by atoms with Crippen LogP contribution in [0.4, 0.5) is 0 Å². The van der Waals surface area contributed by atoms with E-state index in [1.807, 2.05) is 30.3 Å². The molecule has 2 rings (SSSR count). The first-order chi connectivity index (χ1) is 5.97. The Morgan fingerprint density at radius 2 is 1.67 bits per heavy atom. The summed E-state index contributed by atoms with van der Waals surface area (Å²) in [5, 5.41) is 0. The molecule has 0 aromatic heterocycles. The summed E-state index contributed by atoms with van der Waals surface area (Å²) >= 11 is 0. The van der Waals surface area contributed by atoms with Gasteiger partial charge in [-0.15, -0.1) is 0 Å². The lowest BCUT2D eigenvalue weighted by Crippen LogP contribution is -2.46. The zero-order chi connectivity index (χ0) is 8.23. The van der Waals surface area contributed by atoms with Crippen molar-refractivity contribution in [2.45, 2.75) is 6.17 Å². The molecule has 1 aliphatic rings. The summed E-state index contributed by atoms with van der Waals surface area (Å²) in [7, 11) is 0. The summed E-state index contributed by atoms with van der Waals surface area (Å²) in [6, 6.07) is 9.76. The molecule has 0 amide bonds. The van der Waals surface area contributed by atoms with Gasteiger partial charge in [0.15, 0.2) is 0 Å². The van der Waals surface area contributed by atoms with E-state index < -0.39 is 0 Å². The molecule has 0 radical (unpaired) electrons. The van der Waals surface area contributed by atoms with Gasteiger partial charge in [-0.2, -0.15) is 20.8 Å². The van der Waals surface area contributed by atoms with Crippen LogP contribution in [0.2, 0.25) is 0 Å². The van der Waals surface area contributed by atoms with Gasteiger partial charge in [0.25, 0.3) is 0 Å². The molecule has 5 nitrogen and oxygen atoms in total. The first kappa shape index (κ1) is 7.66. The highest BCUT2D eigenvalue weighted by Gasteiger charge is 2.14. The lowest BCUT2D eigenvalue weighted by atomic mass is 10.2. The van der Waals surface area contributed by atoms with Crippen molar-refractivity contribution in [2.75, 3.05) is 0 Å². The molecule has 0 spiro atoms. The largest absolute Gasteiger partial charge is 0.185 e. The van der Waals surface area contributed by atoms with Crippen LogP contribution in [0.1, 0.15) is 11.7 Å². The number of hydrogen-bond donors (Lipinski definition) is 3. The van der Waals surface area contributed by atoms with E-state index in [0.717, 1.165) is 5.56 Å². The molecule has 0 unspecified atom stereocenters. The molecule has 0 saturated carbocycles. The summed E-state index contributed by atoms with van der Waals surface area (Å²) in [5.41, 5.74) is 8.58. The van der Waals surface area contributed by atoms with Crippen molar-refractivity contribution in [1.82, 2.24) is 16.6 Å². The Kier molecular flexibility index (Phi) is 2.31. The van der Waals surface area contributed by atoms with Crippen LogP contribution in [0.5, 0.6) is 0 Å². The van der Waals surface area contributed by atoms with Gasteiger partial charge in [-0.25, -0.2) is 0 Å². The lowest BCUT2D eigenvalue weighted by Gasteiger charge is -2.23. The van der Waals surface area contributed by atoms with E-state index in [2.05, 4.69) is 26.5 Å². The predicted molar refractivity (Wildman–Crippen MR) is 40.8 cm³/mol. The molecule has 0 atom stereocenters. The van der Waals surface area contributed by atoms with Gasteiger partial charge in [0, 0.05) is 0 Å². The summed E-state index contributed by atoms with van der Waals surface area (Å²) in [6.45, 7) is 0. The second kappa shape index (κ2) is 3.61. The highest BCUT2D eigenvalue weighted by molar-refractivity contribution is 5.17. The Hall–Kier alpha value is -0.980. The van der Waals surface area contributed by atoms with E-state index in [1.165, 1.54) is 0 Å². The predicted octanol–water partition coefficient (Wildman–Crippen LogP) is 0.161. The van der Waals surface area contributed by atoms with Gasteiger partial charge in [-0.05, 0) is 11.2 Å². The molecule has 12 heavy (non-hydrogen) atoms. The first-order valence-corrected chi connectivity index (χ1v) is 3.59. The Morgan fingerprint density at radius 3 is 2.33 bits per heavy atom. The van der Waals surface area contributed by atoms with Crippen molar-refractivity contribution in [1.29, 1.82) is 0 Å². The minimum Gasteiger partial charge on any atom is -0.185 e. The Bertz CT molecular complexity index is 236. The fourth-order valence-electron chi connectivity index (χ4n) is 0.992. The third kappa shape index (κ3) is 1.60. The van der Waals surface area contributed by atoms with Gasteiger partial charge in [-0.3, -0.25) is 0 Å². The van der Waals surface area contributed by atoms with Gasteiger partial charge in [-0.1, -0.05) is 30.3 Å². The van der Waals surface area contributed by atoms with Gasteiger partial charge < -0.3 is 0 Å². The van der Waals surface area contributed by atoms with E-state index in [0.29, 0.717) is 0 Å². The van der Waals surface area contributed by atoms with E-state index >= 15 is 0 Å².